The largest absolute Gasteiger partial charge is 0.327 e. The van der Waals surface area contributed by atoms with Crippen LogP contribution in [0.1, 0.15) is 6.92 Å². The molecule has 0 fully saturated rings. The fourth-order valence-electron chi connectivity index (χ4n) is 0.624. The molecule has 8 heteroatoms. The third kappa shape index (κ3) is 5.28. The molecule has 0 spiro atoms. The van der Waals surface area contributed by atoms with Crippen LogP contribution in [0.15, 0.2) is 0 Å². The van der Waals surface area contributed by atoms with Crippen molar-refractivity contribution in [2.75, 3.05) is 20.8 Å². The van der Waals surface area contributed by atoms with E-state index in [9.17, 15) is 10.1 Å². The molecule has 0 N–H and O–H groups in total. The van der Waals surface area contributed by atoms with Gasteiger partial charge in [0.15, 0.2) is 0 Å². The first kappa shape index (κ1) is 12.9. The van der Waals surface area contributed by atoms with E-state index in [0.717, 1.165) is 0 Å². The minimum absolute atomic E-state index is 0.314. The van der Waals surface area contributed by atoms with E-state index in [1.165, 1.54) is 14.2 Å². The van der Waals surface area contributed by atoms with Gasteiger partial charge in [-0.25, -0.2) is 0 Å². The Morgan fingerprint density at radius 3 is 2.31 bits per heavy atom. The minimum Gasteiger partial charge on any atom is -0.312 e. The molecule has 0 aromatic heterocycles. The fourth-order valence-corrected chi connectivity index (χ4v) is 1.89. The van der Waals surface area contributed by atoms with Crippen molar-refractivity contribution in [2.45, 2.75) is 13.0 Å². The molecule has 0 rings (SSSR count). The predicted octanol–water partition coefficient (Wildman–Crippen LogP) is 1.19. The highest BCUT2D eigenvalue weighted by Crippen LogP contribution is 2.49. The Balaban J connectivity index is 4.09. The van der Waals surface area contributed by atoms with E-state index >= 15 is 0 Å². The number of nitrogens with zero attached hydrogens (tertiary/aromatic N) is 1. The molecule has 0 aliphatic carbocycles. The van der Waals surface area contributed by atoms with E-state index in [-0.39, 0.29) is 6.54 Å². The quantitative estimate of drug-likeness (QED) is 0.387. The molecule has 0 aliphatic rings. The molecular formula is C5H12NO5PS. The van der Waals surface area contributed by atoms with E-state index in [1.54, 1.807) is 6.92 Å². The summed E-state index contributed by atoms with van der Waals surface area (Å²) in [4.78, 5) is 9.62. The zero-order chi connectivity index (χ0) is 10.5. The molecule has 0 saturated carbocycles. The highest BCUT2D eigenvalue weighted by molar-refractivity contribution is 8.07. The summed E-state index contributed by atoms with van der Waals surface area (Å²) in [7, 11) is 2.70. The van der Waals surface area contributed by atoms with Crippen molar-refractivity contribution >= 4 is 18.5 Å². The molecule has 1 atom stereocenters. The van der Waals surface area contributed by atoms with Gasteiger partial charge < -0.3 is 9.05 Å². The summed E-state index contributed by atoms with van der Waals surface area (Å²) in [6, 6.07) is 0. The van der Waals surface area contributed by atoms with E-state index < -0.39 is 17.7 Å². The molecule has 0 aromatic rings. The van der Waals surface area contributed by atoms with Crippen LogP contribution >= 0.6 is 6.72 Å². The van der Waals surface area contributed by atoms with Crippen molar-refractivity contribution in [2.24, 2.45) is 0 Å². The first-order valence-electron chi connectivity index (χ1n) is 3.45. The Labute approximate surface area is 81.6 Å². The summed E-state index contributed by atoms with van der Waals surface area (Å²) >= 11 is 4.86. The maximum absolute atomic E-state index is 10.1. The van der Waals surface area contributed by atoms with Crippen LogP contribution in [-0.2, 0) is 25.4 Å². The Morgan fingerprint density at radius 1 is 1.54 bits per heavy atom. The normalized spacial score (nSPS) is 14.1. The van der Waals surface area contributed by atoms with Crippen molar-refractivity contribution in [3.05, 3.63) is 10.1 Å². The van der Waals surface area contributed by atoms with Gasteiger partial charge in [0.25, 0.3) is 0 Å². The van der Waals surface area contributed by atoms with Crippen LogP contribution in [0.3, 0.4) is 0 Å². The molecule has 0 bridgehead atoms. The highest BCUT2D eigenvalue weighted by Gasteiger charge is 2.23. The lowest BCUT2D eigenvalue weighted by molar-refractivity contribution is -0.488. The van der Waals surface area contributed by atoms with E-state index in [0.29, 0.717) is 0 Å². The smallest absolute Gasteiger partial charge is 0.312 e. The third-order valence-electron chi connectivity index (χ3n) is 1.16. The molecule has 0 heterocycles. The Morgan fingerprint density at radius 2 is 2.00 bits per heavy atom. The Hall–Kier alpha value is -0.0700. The van der Waals surface area contributed by atoms with Crippen LogP contribution in [0.2, 0.25) is 0 Å². The van der Waals surface area contributed by atoms with Gasteiger partial charge in [-0.05, 0) is 18.7 Å². The lowest BCUT2D eigenvalue weighted by Crippen LogP contribution is -2.19. The summed E-state index contributed by atoms with van der Waals surface area (Å²) in [6.07, 6.45) is -0.610. The number of hydrogen-bond donors (Lipinski definition) is 0. The van der Waals surface area contributed by atoms with E-state index in [2.05, 4.69) is 0 Å². The predicted molar refractivity (Wildman–Crippen MR) is 50.7 cm³/mol. The summed E-state index contributed by atoms with van der Waals surface area (Å²) < 4.78 is 14.7. The first-order valence-corrected chi connectivity index (χ1v) is 6.01. The van der Waals surface area contributed by atoms with Crippen molar-refractivity contribution in [3.8, 4) is 0 Å². The van der Waals surface area contributed by atoms with Crippen molar-refractivity contribution < 1.29 is 18.5 Å². The monoisotopic (exact) mass is 229 g/mol. The lowest BCUT2D eigenvalue weighted by Gasteiger charge is -2.19. The molecule has 13 heavy (non-hydrogen) atoms. The molecular weight excluding hydrogens is 217 g/mol. The molecule has 0 saturated heterocycles. The van der Waals surface area contributed by atoms with Crippen LogP contribution in [0.25, 0.3) is 0 Å². The van der Waals surface area contributed by atoms with Gasteiger partial charge >= 0.3 is 6.72 Å². The highest BCUT2D eigenvalue weighted by atomic mass is 32.5. The topological polar surface area (TPSA) is 70.8 Å². The molecule has 0 amide bonds. The van der Waals surface area contributed by atoms with Gasteiger partial charge in [0.1, 0.15) is 6.10 Å². The number of nitro groups is 1. The number of rotatable bonds is 6. The molecule has 1 unspecified atom stereocenters. The summed E-state index contributed by atoms with van der Waals surface area (Å²) in [5.41, 5.74) is 0. The zero-order valence-electron chi connectivity index (χ0n) is 7.63. The molecule has 0 aromatic carbocycles. The standard InChI is InChI=1S/C5H12NO5PS/c1-5(4-6(7)8)11-12(13,9-2)10-3/h5H,4H2,1-3H3. The second kappa shape index (κ2) is 5.62. The van der Waals surface area contributed by atoms with Crippen molar-refractivity contribution in [1.29, 1.82) is 0 Å². The van der Waals surface area contributed by atoms with Gasteiger partial charge in [-0.2, -0.15) is 0 Å². The SMILES string of the molecule is COP(=S)(OC)OC(C)C[N+](=O)[O-]. The molecule has 0 aliphatic heterocycles. The molecule has 0 radical (unpaired) electrons. The van der Waals surface area contributed by atoms with Gasteiger partial charge in [0.2, 0.25) is 6.54 Å². The fraction of sp³-hybridized carbons (Fsp3) is 1.00. The van der Waals surface area contributed by atoms with Crippen LogP contribution in [0, 0.1) is 10.1 Å². The Bertz CT molecular complexity index is 215. The van der Waals surface area contributed by atoms with Crippen molar-refractivity contribution in [3.63, 3.8) is 0 Å². The van der Waals surface area contributed by atoms with Crippen LogP contribution in [0.4, 0.5) is 0 Å². The Kier molecular flexibility index (Phi) is 5.59. The average molecular weight is 229 g/mol. The number of hydrogen-bond acceptors (Lipinski definition) is 6. The second-order valence-corrected chi connectivity index (χ2v) is 5.42. The van der Waals surface area contributed by atoms with Crippen LogP contribution in [-0.4, -0.2) is 31.8 Å². The van der Waals surface area contributed by atoms with Crippen LogP contribution < -0.4 is 0 Å². The average Bonchev–Trinajstić information content (AvgIpc) is 2.02. The summed E-state index contributed by atoms with van der Waals surface area (Å²) in [6.45, 7) is -1.54. The maximum atomic E-state index is 10.1. The van der Waals surface area contributed by atoms with E-state index in [1.807, 2.05) is 0 Å². The maximum Gasteiger partial charge on any atom is 0.327 e. The zero-order valence-corrected chi connectivity index (χ0v) is 9.34. The summed E-state index contributed by atoms with van der Waals surface area (Å²) in [5.74, 6) is 0. The van der Waals surface area contributed by atoms with Gasteiger partial charge in [0.05, 0.1) is 0 Å². The van der Waals surface area contributed by atoms with Crippen LogP contribution in [0.5, 0.6) is 0 Å². The van der Waals surface area contributed by atoms with Gasteiger partial charge in [-0.1, -0.05) is 0 Å². The van der Waals surface area contributed by atoms with Gasteiger partial charge in [-0.15, -0.1) is 0 Å². The summed E-state index contributed by atoms with van der Waals surface area (Å²) in [5, 5.41) is 10.1. The second-order valence-electron chi connectivity index (χ2n) is 2.24. The molecule has 6 nitrogen and oxygen atoms in total. The minimum atomic E-state index is -2.76. The molecule has 78 valence electrons. The first-order chi connectivity index (χ1) is 5.93. The van der Waals surface area contributed by atoms with Crippen molar-refractivity contribution in [1.82, 2.24) is 0 Å². The third-order valence-corrected chi connectivity index (χ3v) is 3.83. The van der Waals surface area contributed by atoms with Gasteiger partial charge in [-0.3, -0.25) is 14.6 Å². The van der Waals surface area contributed by atoms with E-state index in [4.69, 9.17) is 25.4 Å². The lowest BCUT2D eigenvalue weighted by atomic mass is 10.4. The van der Waals surface area contributed by atoms with Gasteiger partial charge in [0, 0.05) is 19.1 Å².